The molecule has 3 rings (SSSR count). The van der Waals surface area contributed by atoms with Crippen LogP contribution in [0, 0.1) is 0 Å². The van der Waals surface area contributed by atoms with E-state index in [1.54, 1.807) is 13.4 Å². The Bertz CT molecular complexity index is 644. The zero-order valence-corrected chi connectivity index (χ0v) is 9.38. The second kappa shape index (κ2) is 3.94. The number of pyridine rings is 1. The Morgan fingerprint density at radius 3 is 2.76 bits per heavy atom. The fourth-order valence-corrected chi connectivity index (χ4v) is 1.86. The van der Waals surface area contributed by atoms with Gasteiger partial charge in [0.15, 0.2) is 5.76 Å². The van der Waals surface area contributed by atoms with E-state index in [0.29, 0.717) is 0 Å². The van der Waals surface area contributed by atoms with Crippen LogP contribution >= 0.6 is 0 Å². The molecule has 17 heavy (non-hydrogen) atoms. The standard InChI is InChI=1S/C14H11NO2/c1-16-14-9-12(13-7-4-8-17-13)15-11-6-3-2-5-10(11)14/h2-9H,1H3. The van der Waals surface area contributed by atoms with Gasteiger partial charge < -0.3 is 9.15 Å². The quantitative estimate of drug-likeness (QED) is 0.669. The third kappa shape index (κ3) is 1.65. The first kappa shape index (κ1) is 9.90. The van der Waals surface area contributed by atoms with Gasteiger partial charge in [0, 0.05) is 11.5 Å². The molecule has 0 aliphatic carbocycles. The lowest BCUT2D eigenvalue weighted by Crippen LogP contribution is -1.90. The number of para-hydroxylation sites is 1. The van der Waals surface area contributed by atoms with Gasteiger partial charge in [0.1, 0.15) is 11.4 Å². The number of benzene rings is 1. The number of nitrogens with zero attached hydrogens (tertiary/aromatic N) is 1. The number of hydrogen-bond acceptors (Lipinski definition) is 3. The summed E-state index contributed by atoms with van der Waals surface area (Å²) in [6.45, 7) is 0. The van der Waals surface area contributed by atoms with E-state index in [0.717, 1.165) is 28.1 Å². The zero-order valence-electron chi connectivity index (χ0n) is 9.38. The highest BCUT2D eigenvalue weighted by molar-refractivity contribution is 5.87. The molecule has 0 saturated carbocycles. The number of hydrogen-bond donors (Lipinski definition) is 0. The van der Waals surface area contributed by atoms with Crippen LogP contribution in [0.15, 0.2) is 53.1 Å². The maximum atomic E-state index is 5.38. The predicted octanol–water partition coefficient (Wildman–Crippen LogP) is 3.50. The fraction of sp³-hybridized carbons (Fsp3) is 0.0714. The van der Waals surface area contributed by atoms with Crippen LogP contribution in [0.2, 0.25) is 0 Å². The molecule has 84 valence electrons. The van der Waals surface area contributed by atoms with Crippen molar-refractivity contribution in [2.24, 2.45) is 0 Å². The SMILES string of the molecule is COc1cc(-c2ccco2)nc2ccccc12. The number of ether oxygens (including phenoxy) is 1. The van der Waals surface area contributed by atoms with Gasteiger partial charge in [0.2, 0.25) is 0 Å². The van der Waals surface area contributed by atoms with Gasteiger partial charge in [-0.1, -0.05) is 12.1 Å². The van der Waals surface area contributed by atoms with E-state index >= 15 is 0 Å². The molecule has 0 atom stereocenters. The highest BCUT2D eigenvalue weighted by atomic mass is 16.5. The largest absolute Gasteiger partial charge is 0.496 e. The Labute approximate surface area is 98.7 Å². The van der Waals surface area contributed by atoms with Crippen LogP contribution in [-0.4, -0.2) is 12.1 Å². The van der Waals surface area contributed by atoms with Crippen LogP contribution in [0.1, 0.15) is 0 Å². The van der Waals surface area contributed by atoms with Gasteiger partial charge in [-0.15, -0.1) is 0 Å². The van der Waals surface area contributed by atoms with Crippen LogP contribution in [0.3, 0.4) is 0 Å². The lowest BCUT2D eigenvalue weighted by Gasteiger charge is -2.06. The zero-order chi connectivity index (χ0) is 11.7. The first-order valence-electron chi connectivity index (χ1n) is 5.36. The molecule has 0 aliphatic rings. The molecule has 0 amide bonds. The van der Waals surface area contributed by atoms with Gasteiger partial charge >= 0.3 is 0 Å². The van der Waals surface area contributed by atoms with Crippen molar-refractivity contribution in [3.63, 3.8) is 0 Å². The fourth-order valence-electron chi connectivity index (χ4n) is 1.86. The van der Waals surface area contributed by atoms with Crippen molar-refractivity contribution in [3.8, 4) is 17.2 Å². The minimum atomic E-state index is 0.744. The van der Waals surface area contributed by atoms with Crippen molar-refractivity contribution < 1.29 is 9.15 Å². The molecule has 3 nitrogen and oxygen atoms in total. The van der Waals surface area contributed by atoms with Crippen LogP contribution in [0.4, 0.5) is 0 Å². The molecule has 0 spiro atoms. The van der Waals surface area contributed by atoms with E-state index in [1.807, 2.05) is 42.5 Å². The van der Waals surface area contributed by atoms with Crippen molar-refractivity contribution >= 4 is 10.9 Å². The number of furan rings is 1. The molecule has 0 fully saturated rings. The first-order chi connectivity index (χ1) is 8.38. The molecule has 3 heteroatoms. The molecule has 0 saturated heterocycles. The monoisotopic (exact) mass is 225 g/mol. The molecule has 0 N–H and O–H groups in total. The molecule has 2 heterocycles. The topological polar surface area (TPSA) is 35.3 Å². The second-order valence-electron chi connectivity index (χ2n) is 3.70. The van der Waals surface area contributed by atoms with Gasteiger partial charge in [0.25, 0.3) is 0 Å². The van der Waals surface area contributed by atoms with Gasteiger partial charge in [-0.2, -0.15) is 0 Å². The lowest BCUT2D eigenvalue weighted by atomic mass is 10.1. The van der Waals surface area contributed by atoms with Crippen LogP contribution < -0.4 is 4.74 Å². The highest BCUT2D eigenvalue weighted by Crippen LogP contribution is 2.29. The van der Waals surface area contributed by atoms with Gasteiger partial charge in [-0.3, -0.25) is 0 Å². The van der Waals surface area contributed by atoms with E-state index in [4.69, 9.17) is 9.15 Å². The first-order valence-corrected chi connectivity index (χ1v) is 5.36. The van der Waals surface area contributed by atoms with Crippen molar-refractivity contribution in [2.75, 3.05) is 7.11 Å². The molecular formula is C14H11NO2. The summed E-state index contributed by atoms with van der Waals surface area (Å²) < 4.78 is 10.7. The summed E-state index contributed by atoms with van der Waals surface area (Å²) >= 11 is 0. The van der Waals surface area contributed by atoms with Gasteiger partial charge in [-0.05, 0) is 24.3 Å². The molecule has 1 aromatic carbocycles. The average Bonchev–Trinajstić information content (AvgIpc) is 2.91. The molecule has 0 unspecified atom stereocenters. The van der Waals surface area contributed by atoms with Gasteiger partial charge in [-0.25, -0.2) is 4.98 Å². The number of methoxy groups -OCH3 is 1. The summed E-state index contributed by atoms with van der Waals surface area (Å²) in [6.07, 6.45) is 1.64. The Kier molecular flexibility index (Phi) is 2.29. The van der Waals surface area contributed by atoms with E-state index < -0.39 is 0 Å². The molecule has 0 aliphatic heterocycles. The van der Waals surface area contributed by atoms with E-state index in [-0.39, 0.29) is 0 Å². The van der Waals surface area contributed by atoms with Crippen molar-refractivity contribution in [1.29, 1.82) is 0 Å². The van der Waals surface area contributed by atoms with Gasteiger partial charge in [0.05, 0.1) is 18.9 Å². The molecule has 2 aromatic heterocycles. The number of fused-ring (bicyclic) bond motifs is 1. The van der Waals surface area contributed by atoms with Crippen molar-refractivity contribution in [1.82, 2.24) is 4.98 Å². The van der Waals surface area contributed by atoms with Crippen LogP contribution in [0.25, 0.3) is 22.4 Å². The highest BCUT2D eigenvalue weighted by Gasteiger charge is 2.08. The Morgan fingerprint density at radius 2 is 2.00 bits per heavy atom. The van der Waals surface area contributed by atoms with E-state index in [2.05, 4.69) is 4.98 Å². The smallest absolute Gasteiger partial charge is 0.152 e. The molecule has 0 bridgehead atoms. The summed E-state index contributed by atoms with van der Waals surface area (Å²) in [7, 11) is 1.66. The van der Waals surface area contributed by atoms with E-state index in [1.165, 1.54) is 0 Å². The second-order valence-corrected chi connectivity index (χ2v) is 3.70. The minimum Gasteiger partial charge on any atom is -0.496 e. The molecule has 3 aromatic rings. The maximum absolute atomic E-state index is 5.38. The van der Waals surface area contributed by atoms with Crippen molar-refractivity contribution in [2.45, 2.75) is 0 Å². The average molecular weight is 225 g/mol. The Balaban J connectivity index is 2.28. The van der Waals surface area contributed by atoms with Crippen molar-refractivity contribution in [3.05, 3.63) is 48.7 Å². The summed E-state index contributed by atoms with van der Waals surface area (Å²) in [6, 6.07) is 13.5. The summed E-state index contributed by atoms with van der Waals surface area (Å²) in [5.74, 6) is 1.55. The molecular weight excluding hydrogens is 214 g/mol. The molecule has 0 radical (unpaired) electrons. The predicted molar refractivity (Wildman–Crippen MR) is 66.0 cm³/mol. The van der Waals surface area contributed by atoms with Crippen LogP contribution in [-0.2, 0) is 0 Å². The van der Waals surface area contributed by atoms with Crippen LogP contribution in [0.5, 0.6) is 5.75 Å². The Hall–Kier alpha value is -2.29. The third-order valence-electron chi connectivity index (χ3n) is 2.67. The Morgan fingerprint density at radius 1 is 1.12 bits per heavy atom. The number of aromatic nitrogens is 1. The summed E-state index contributed by atoms with van der Waals surface area (Å²) in [5.41, 5.74) is 1.68. The third-order valence-corrected chi connectivity index (χ3v) is 2.67. The normalized spacial score (nSPS) is 10.6. The minimum absolute atomic E-state index is 0.744. The maximum Gasteiger partial charge on any atom is 0.152 e. The summed E-state index contributed by atoms with van der Waals surface area (Å²) in [5, 5.41) is 1.00. The van der Waals surface area contributed by atoms with E-state index in [9.17, 15) is 0 Å². The summed E-state index contributed by atoms with van der Waals surface area (Å²) in [4.78, 5) is 4.55. The lowest BCUT2D eigenvalue weighted by molar-refractivity contribution is 0.419. The number of rotatable bonds is 2.